The quantitative estimate of drug-likeness (QED) is 0.215. The van der Waals surface area contributed by atoms with E-state index in [9.17, 15) is 34.4 Å². The van der Waals surface area contributed by atoms with E-state index >= 15 is 0 Å². The van der Waals surface area contributed by atoms with Gasteiger partial charge in [-0.25, -0.2) is 14.4 Å². The van der Waals surface area contributed by atoms with Crippen molar-refractivity contribution >= 4 is 58.4 Å². The lowest BCUT2D eigenvalue weighted by Crippen LogP contribution is -2.48. The topological polar surface area (TPSA) is 162 Å². The molecule has 0 fully saturated rings. The van der Waals surface area contributed by atoms with Gasteiger partial charge in [0.05, 0.1) is 31.8 Å². The molecule has 0 radical (unpaired) electrons. The Kier molecular flexibility index (Phi) is 9.00. The van der Waals surface area contributed by atoms with Crippen molar-refractivity contribution in [3.63, 3.8) is 0 Å². The maximum atomic E-state index is 13.3. The Morgan fingerprint density at radius 2 is 1.37 bits per heavy atom. The van der Waals surface area contributed by atoms with Gasteiger partial charge in [-0.2, -0.15) is 0 Å². The highest BCUT2D eigenvalue weighted by atomic mass is 35.5. The van der Waals surface area contributed by atoms with Crippen molar-refractivity contribution in [2.24, 2.45) is 0 Å². The van der Waals surface area contributed by atoms with Crippen molar-refractivity contribution in [2.75, 3.05) is 5.32 Å². The normalized spacial score (nSPS) is 12.1. The molecule has 0 aromatic heterocycles. The molecule has 2 atom stereocenters. The molecule has 3 aromatic carbocycles. The third-order valence-corrected chi connectivity index (χ3v) is 5.78. The van der Waals surface area contributed by atoms with Crippen LogP contribution in [0, 0.1) is 17.0 Å². The number of carboxylic acids is 1. The van der Waals surface area contributed by atoms with Crippen LogP contribution < -0.4 is 5.32 Å². The zero-order valence-electron chi connectivity index (χ0n) is 19.4. The van der Waals surface area contributed by atoms with Gasteiger partial charge in [-0.1, -0.05) is 53.5 Å². The second-order valence-corrected chi connectivity index (χ2v) is 8.51. The van der Waals surface area contributed by atoms with Crippen LogP contribution in [0.2, 0.25) is 10.0 Å². The fourth-order valence-corrected chi connectivity index (χ4v) is 3.59. The lowest BCUT2D eigenvalue weighted by atomic mass is 10.1. The third-order valence-electron chi connectivity index (χ3n) is 5.12. The number of carbonyl (C=O) groups excluding carboxylic acids is 3. The minimum atomic E-state index is -2.34. The van der Waals surface area contributed by atoms with Crippen molar-refractivity contribution in [2.45, 2.75) is 19.1 Å². The molecular weight excluding hydrogens is 543 g/mol. The SMILES string of the molecule is Cc1ccc([N+](=O)[O-])cc1NC(=O)[C@@H](OC(=O)c1ccccc1Cl)[C@@H](OC(=O)c1ccccc1Cl)C(=O)O. The maximum Gasteiger partial charge on any atom is 0.349 e. The van der Waals surface area contributed by atoms with Gasteiger partial charge >= 0.3 is 17.9 Å². The molecule has 13 heteroatoms. The number of aryl methyl sites for hydroxylation is 1. The highest BCUT2D eigenvalue weighted by Gasteiger charge is 2.41. The zero-order valence-corrected chi connectivity index (χ0v) is 20.9. The molecule has 3 rings (SSSR count). The fourth-order valence-electron chi connectivity index (χ4n) is 3.17. The number of amides is 1. The summed E-state index contributed by atoms with van der Waals surface area (Å²) in [6.45, 7) is 1.52. The summed E-state index contributed by atoms with van der Waals surface area (Å²) in [7, 11) is 0. The van der Waals surface area contributed by atoms with E-state index in [0.29, 0.717) is 5.56 Å². The van der Waals surface area contributed by atoms with Crippen molar-refractivity contribution < 1.29 is 38.7 Å². The van der Waals surface area contributed by atoms with Gasteiger partial charge < -0.3 is 19.9 Å². The Balaban J connectivity index is 1.99. The Morgan fingerprint density at radius 1 is 0.868 bits per heavy atom. The number of non-ortho nitro benzene ring substituents is 1. The van der Waals surface area contributed by atoms with Gasteiger partial charge in [0.2, 0.25) is 12.2 Å². The number of nitrogens with one attached hydrogen (secondary N) is 1. The number of hydrogen-bond acceptors (Lipinski definition) is 8. The number of ether oxygens (including phenoxy) is 2. The van der Waals surface area contributed by atoms with Gasteiger partial charge in [0, 0.05) is 12.1 Å². The molecule has 0 unspecified atom stereocenters. The Hall–Kier alpha value is -4.48. The molecule has 0 bridgehead atoms. The van der Waals surface area contributed by atoms with Crippen LogP contribution in [0.4, 0.5) is 11.4 Å². The van der Waals surface area contributed by atoms with Crippen molar-refractivity contribution in [1.29, 1.82) is 0 Å². The second kappa shape index (κ2) is 12.2. The predicted molar refractivity (Wildman–Crippen MR) is 135 cm³/mol. The average molecular weight is 561 g/mol. The van der Waals surface area contributed by atoms with Gasteiger partial charge in [-0.15, -0.1) is 0 Å². The maximum absolute atomic E-state index is 13.3. The van der Waals surface area contributed by atoms with Crippen LogP contribution in [0.1, 0.15) is 26.3 Å². The van der Waals surface area contributed by atoms with Gasteiger partial charge in [0.1, 0.15) is 0 Å². The number of halogens is 2. The number of nitrogens with zero attached hydrogens (tertiary/aromatic N) is 1. The van der Waals surface area contributed by atoms with Crippen molar-refractivity contribution in [3.8, 4) is 0 Å². The Morgan fingerprint density at radius 3 is 1.84 bits per heavy atom. The highest BCUT2D eigenvalue weighted by Crippen LogP contribution is 2.24. The second-order valence-electron chi connectivity index (χ2n) is 7.70. The number of aliphatic carboxylic acids is 1. The summed E-state index contributed by atoms with van der Waals surface area (Å²) in [4.78, 5) is 61.4. The fraction of sp³-hybridized carbons (Fsp3) is 0.120. The molecule has 0 heterocycles. The van der Waals surface area contributed by atoms with Crippen LogP contribution in [0.3, 0.4) is 0 Å². The summed E-state index contributed by atoms with van der Waals surface area (Å²) in [5.74, 6) is -5.46. The third kappa shape index (κ3) is 6.64. The number of anilines is 1. The summed E-state index contributed by atoms with van der Waals surface area (Å²) >= 11 is 12.0. The molecule has 2 N–H and O–H groups in total. The van der Waals surface area contributed by atoms with Crippen molar-refractivity contribution in [3.05, 3.63) is 104 Å². The minimum Gasteiger partial charge on any atom is -0.478 e. The summed E-state index contributed by atoms with van der Waals surface area (Å²) in [5, 5.41) is 23.2. The number of nitro groups is 1. The van der Waals surface area contributed by atoms with E-state index in [0.717, 1.165) is 6.07 Å². The van der Waals surface area contributed by atoms with E-state index in [1.165, 1.54) is 67.6 Å². The molecule has 3 aromatic rings. The van der Waals surface area contributed by atoms with Gasteiger partial charge in [-0.05, 0) is 36.8 Å². The van der Waals surface area contributed by atoms with E-state index in [2.05, 4.69) is 5.32 Å². The summed E-state index contributed by atoms with van der Waals surface area (Å²) < 4.78 is 10.3. The van der Waals surface area contributed by atoms with Crippen LogP contribution in [0.15, 0.2) is 66.7 Å². The van der Waals surface area contributed by atoms with E-state index in [4.69, 9.17) is 32.7 Å². The highest BCUT2D eigenvalue weighted by molar-refractivity contribution is 6.34. The van der Waals surface area contributed by atoms with Crippen LogP contribution in [0.5, 0.6) is 0 Å². The molecule has 1 amide bonds. The number of nitro benzene ring substituents is 1. The van der Waals surface area contributed by atoms with Crippen LogP contribution in [-0.2, 0) is 19.1 Å². The smallest absolute Gasteiger partial charge is 0.349 e. The van der Waals surface area contributed by atoms with Gasteiger partial charge in [-0.3, -0.25) is 14.9 Å². The first-order valence-electron chi connectivity index (χ1n) is 10.7. The molecule has 0 saturated carbocycles. The lowest BCUT2D eigenvalue weighted by molar-refractivity contribution is -0.384. The molecule has 11 nitrogen and oxygen atoms in total. The van der Waals surface area contributed by atoms with Crippen LogP contribution in [0.25, 0.3) is 0 Å². The molecule has 0 aliphatic heterocycles. The molecular formula is C25H18Cl2N2O9. The number of rotatable bonds is 9. The number of carbonyl (C=O) groups is 4. The van der Waals surface area contributed by atoms with E-state index in [1.54, 1.807) is 0 Å². The Labute approximate surface area is 225 Å². The van der Waals surface area contributed by atoms with Gasteiger partial charge in [0.25, 0.3) is 11.6 Å². The molecule has 0 spiro atoms. The average Bonchev–Trinajstić information content (AvgIpc) is 2.87. The molecule has 196 valence electrons. The molecule has 38 heavy (non-hydrogen) atoms. The van der Waals surface area contributed by atoms with E-state index in [1.807, 2.05) is 0 Å². The minimum absolute atomic E-state index is 0.0499. The van der Waals surface area contributed by atoms with Crippen LogP contribution >= 0.6 is 23.2 Å². The molecule has 0 aliphatic rings. The Bertz CT molecular complexity index is 1430. The number of hydrogen-bond donors (Lipinski definition) is 2. The standard InChI is InChI=1S/C25H18Cl2N2O9/c1-13-10-11-14(29(35)36)12-19(13)28-22(30)20(37-24(33)15-6-2-4-8-17(15)26)21(23(31)32)38-25(34)16-7-3-5-9-18(16)27/h2-12,20-21H,1H3,(H,28,30)(H,31,32)/t20-,21+/m0/s1. The molecule has 0 saturated heterocycles. The monoisotopic (exact) mass is 560 g/mol. The van der Waals surface area contributed by atoms with E-state index < -0.39 is 40.9 Å². The summed E-state index contributed by atoms with van der Waals surface area (Å²) in [6.07, 6.45) is -4.59. The predicted octanol–water partition coefficient (Wildman–Crippen LogP) is 4.68. The number of carboxylic acid groups (broad SMARTS) is 1. The first-order chi connectivity index (χ1) is 18.0. The first-order valence-corrected chi connectivity index (χ1v) is 11.4. The van der Waals surface area contributed by atoms with Crippen molar-refractivity contribution in [1.82, 2.24) is 0 Å². The summed E-state index contributed by atoms with van der Waals surface area (Å²) in [6, 6.07) is 14.8. The molecule has 0 aliphatic carbocycles. The zero-order chi connectivity index (χ0) is 28.0. The largest absolute Gasteiger partial charge is 0.478 e. The number of esters is 2. The van der Waals surface area contributed by atoms with Gasteiger partial charge in [0.15, 0.2) is 0 Å². The van der Waals surface area contributed by atoms with E-state index in [-0.39, 0.29) is 32.5 Å². The summed E-state index contributed by atoms with van der Waals surface area (Å²) in [5.41, 5.74) is -0.452. The lowest BCUT2D eigenvalue weighted by Gasteiger charge is -2.24. The van der Waals surface area contributed by atoms with Crippen LogP contribution in [-0.4, -0.2) is 46.1 Å². The number of benzene rings is 3. The first kappa shape index (κ1) is 28.1.